The minimum absolute atomic E-state index is 0. The zero-order valence-electron chi connectivity index (χ0n) is 27.8. The van der Waals surface area contributed by atoms with Gasteiger partial charge in [-0.2, -0.15) is 0 Å². The SMILES string of the molecule is CCCCCCCCCCCCCCCc1ccc(O[P+]([O-])([S-])[S-])cc1CCCCCCCCCCCCCCC.[Zn+2]. The fourth-order valence-corrected chi connectivity index (χ4v) is 6.82. The first-order valence-electron chi connectivity index (χ1n) is 17.8. The van der Waals surface area contributed by atoms with Crippen molar-refractivity contribution >= 4 is 30.6 Å². The van der Waals surface area contributed by atoms with Crippen LogP contribution >= 0.6 is 6.12 Å². The first-order valence-corrected chi connectivity index (χ1v) is 21.4. The van der Waals surface area contributed by atoms with E-state index in [1.54, 1.807) is 0 Å². The van der Waals surface area contributed by atoms with E-state index >= 15 is 0 Å². The predicted octanol–water partition coefficient (Wildman–Crippen LogP) is 12.5. The van der Waals surface area contributed by atoms with Crippen LogP contribution in [0.2, 0.25) is 0 Å². The summed E-state index contributed by atoms with van der Waals surface area (Å²) < 4.78 is 5.42. The molecule has 0 heterocycles. The Kier molecular flexibility index (Phi) is 30.9. The summed E-state index contributed by atoms with van der Waals surface area (Å²) in [6, 6.07) is 6.13. The molecule has 1 aromatic carbocycles. The summed E-state index contributed by atoms with van der Waals surface area (Å²) in [5.74, 6) is 0.581. The average molecular weight is 690 g/mol. The van der Waals surface area contributed by atoms with Crippen LogP contribution in [0.3, 0.4) is 0 Å². The summed E-state index contributed by atoms with van der Waals surface area (Å²) in [6.07, 6.45) is 34.6. The number of hydrogen-bond acceptors (Lipinski definition) is 4. The average Bonchev–Trinajstić information content (AvgIpc) is 2.94. The largest absolute Gasteiger partial charge is 2.00 e. The maximum absolute atomic E-state index is 11.9. The van der Waals surface area contributed by atoms with Crippen LogP contribution in [0.4, 0.5) is 0 Å². The molecular formula is C36H65O2PS2Zn. The molecule has 0 aliphatic rings. The fraction of sp³-hybridized carbons (Fsp3) is 0.833. The van der Waals surface area contributed by atoms with Crippen molar-refractivity contribution in [1.29, 1.82) is 0 Å². The maximum atomic E-state index is 11.9. The van der Waals surface area contributed by atoms with Crippen LogP contribution in [0.15, 0.2) is 18.2 Å². The Balaban J connectivity index is 0.0000168. The molecule has 240 valence electrons. The van der Waals surface area contributed by atoms with Crippen molar-refractivity contribution in [1.82, 2.24) is 0 Å². The van der Waals surface area contributed by atoms with Crippen LogP contribution < -0.4 is 9.42 Å². The Bertz CT molecular complexity index is 714. The van der Waals surface area contributed by atoms with E-state index < -0.39 is 6.12 Å². The summed E-state index contributed by atoms with van der Waals surface area (Å²) in [5.41, 5.74) is 2.76. The third kappa shape index (κ3) is 27.1. The van der Waals surface area contributed by atoms with Gasteiger partial charge in [0.25, 0.3) is 0 Å². The molecule has 0 spiro atoms. The molecule has 0 N–H and O–H groups in total. The zero-order chi connectivity index (χ0) is 29.9. The van der Waals surface area contributed by atoms with E-state index in [4.69, 9.17) is 29.0 Å². The number of benzene rings is 1. The first-order chi connectivity index (χ1) is 20.0. The van der Waals surface area contributed by atoms with E-state index in [-0.39, 0.29) is 19.5 Å². The van der Waals surface area contributed by atoms with Crippen molar-refractivity contribution in [2.45, 2.75) is 194 Å². The standard InChI is InChI=1S/C36H67O2PS2.Zn/c1-3-5-7-9-11-13-15-17-19-21-23-25-27-29-34-31-32-36(38-39(37,40)41)33-35(34)30-28-26-24-22-20-18-16-14-12-10-8-6-4-2;/h31-33H,3-30H2,1-2H3,(H2,37,40,41);/q;+2/p-2. The van der Waals surface area contributed by atoms with Crippen molar-refractivity contribution < 1.29 is 28.9 Å². The predicted molar refractivity (Wildman–Crippen MR) is 188 cm³/mol. The zero-order valence-corrected chi connectivity index (χ0v) is 33.3. The number of rotatable bonds is 30. The van der Waals surface area contributed by atoms with E-state index in [0.717, 1.165) is 12.8 Å². The van der Waals surface area contributed by atoms with Crippen molar-refractivity contribution in [3.05, 3.63) is 29.3 Å². The Morgan fingerprint density at radius 2 is 0.810 bits per heavy atom. The van der Waals surface area contributed by atoms with Gasteiger partial charge in [0.1, 0.15) is 0 Å². The molecule has 6 heteroatoms. The van der Waals surface area contributed by atoms with Gasteiger partial charge in [0.2, 0.25) is 0 Å². The number of unbranched alkanes of at least 4 members (excludes halogenated alkanes) is 24. The molecule has 0 amide bonds. The van der Waals surface area contributed by atoms with Gasteiger partial charge in [-0.05, 0) is 48.9 Å². The Morgan fingerprint density at radius 3 is 1.14 bits per heavy atom. The molecule has 0 aromatic heterocycles. The quantitative estimate of drug-likeness (QED) is 0.0348. The van der Waals surface area contributed by atoms with Gasteiger partial charge in [-0.15, -0.1) is 6.12 Å². The Morgan fingerprint density at radius 1 is 0.500 bits per heavy atom. The van der Waals surface area contributed by atoms with Crippen LogP contribution in [-0.2, 0) is 56.8 Å². The molecule has 1 aromatic rings. The Labute approximate surface area is 286 Å². The molecule has 2 nitrogen and oxygen atoms in total. The third-order valence-electron chi connectivity index (χ3n) is 8.49. The summed E-state index contributed by atoms with van der Waals surface area (Å²) in [4.78, 5) is 11.9. The minimum Gasteiger partial charge on any atom is -0.682 e. The molecule has 0 aliphatic heterocycles. The van der Waals surface area contributed by atoms with Crippen molar-refractivity contribution in [3.63, 3.8) is 0 Å². The van der Waals surface area contributed by atoms with Crippen molar-refractivity contribution in [2.75, 3.05) is 0 Å². The topological polar surface area (TPSA) is 32.3 Å². The minimum atomic E-state index is -3.37. The van der Waals surface area contributed by atoms with Crippen molar-refractivity contribution in [3.8, 4) is 5.75 Å². The molecule has 0 atom stereocenters. The van der Waals surface area contributed by atoms with Gasteiger partial charge in [-0.3, -0.25) is 0 Å². The summed E-state index contributed by atoms with van der Waals surface area (Å²) in [6.45, 7) is 4.57. The van der Waals surface area contributed by atoms with Gasteiger partial charge in [-0.1, -0.05) is 174 Å². The molecule has 0 unspecified atom stereocenters. The summed E-state index contributed by atoms with van der Waals surface area (Å²) in [7, 11) is 0. The van der Waals surface area contributed by atoms with Gasteiger partial charge >= 0.3 is 19.5 Å². The van der Waals surface area contributed by atoms with Gasteiger partial charge in [0.05, 0.1) is 0 Å². The van der Waals surface area contributed by atoms with E-state index in [2.05, 4.69) is 26.0 Å². The van der Waals surface area contributed by atoms with E-state index in [9.17, 15) is 4.89 Å². The monoisotopic (exact) mass is 688 g/mol. The second kappa shape index (κ2) is 30.4. The van der Waals surface area contributed by atoms with E-state index in [1.165, 1.54) is 178 Å². The second-order valence-electron chi connectivity index (χ2n) is 12.5. The molecule has 42 heavy (non-hydrogen) atoms. The second-order valence-corrected chi connectivity index (χ2v) is 17.1. The molecule has 0 aliphatic carbocycles. The van der Waals surface area contributed by atoms with Gasteiger partial charge in [-0.25, -0.2) is 0 Å². The summed E-state index contributed by atoms with van der Waals surface area (Å²) >= 11 is 9.71. The van der Waals surface area contributed by atoms with Crippen LogP contribution in [0.5, 0.6) is 5.75 Å². The van der Waals surface area contributed by atoms with Gasteiger partial charge in [0.15, 0.2) is 5.75 Å². The van der Waals surface area contributed by atoms with Crippen LogP contribution in [0.25, 0.3) is 0 Å². The first kappa shape index (κ1) is 42.7. The number of aryl methyl sites for hydroxylation is 2. The molecule has 0 fully saturated rings. The van der Waals surface area contributed by atoms with E-state index in [1.807, 2.05) is 6.07 Å². The number of hydrogen-bond donors (Lipinski definition) is 0. The smallest absolute Gasteiger partial charge is 0.682 e. The van der Waals surface area contributed by atoms with E-state index in [0.29, 0.717) is 5.75 Å². The molecule has 0 radical (unpaired) electrons. The van der Waals surface area contributed by atoms with Gasteiger partial charge < -0.3 is 33.9 Å². The molecule has 0 bridgehead atoms. The molecule has 0 saturated heterocycles. The fourth-order valence-electron chi connectivity index (χ4n) is 5.93. The maximum Gasteiger partial charge on any atom is 2.00 e. The van der Waals surface area contributed by atoms with Gasteiger partial charge in [0, 0.05) is 0 Å². The van der Waals surface area contributed by atoms with Crippen molar-refractivity contribution in [2.24, 2.45) is 0 Å². The third-order valence-corrected chi connectivity index (χ3v) is 9.38. The molecular weight excluding hydrogens is 625 g/mol. The van der Waals surface area contributed by atoms with Crippen LogP contribution in [-0.4, -0.2) is 0 Å². The molecule has 1 rings (SSSR count). The molecule has 0 saturated carbocycles. The van der Waals surface area contributed by atoms with Crippen LogP contribution in [0.1, 0.15) is 192 Å². The normalized spacial score (nSPS) is 11.5. The Hall–Kier alpha value is 0.733. The van der Waals surface area contributed by atoms with Crippen LogP contribution in [0, 0.1) is 0 Å². The summed E-state index contributed by atoms with van der Waals surface area (Å²) in [5, 5.41) is 0.